The molecule has 0 aliphatic heterocycles. The minimum atomic E-state index is 0. The van der Waals surface area contributed by atoms with Crippen LogP contribution in [0, 0.1) is 0 Å². The Balaban J connectivity index is -0.0000000267. The van der Waals surface area contributed by atoms with Crippen molar-refractivity contribution >= 4 is 34.8 Å². The van der Waals surface area contributed by atoms with Gasteiger partial charge < -0.3 is 2.85 Å². The summed E-state index contributed by atoms with van der Waals surface area (Å²) >= 11 is 4.98. The van der Waals surface area contributed by atoms with Crippen molar-refractivity contribution in [1.82, 2.24) is 4.84 Å². The van der Waals surface area contributed by atoms with Gasteiger partial charge in [-0.05, 0) is 11.8 Å². The summed E-state index contributed by atoms with van der Waals surface area (Å²) in [5, 5.41) is 0. The fourth-order valence-corrected chi connectivity index (χ4v) is 0.164. The van der Waals surface area contributed by atoms with Crippen LogP contribution in [-0.4, -0.2) is 29.6 Å². The number of halogens is 1. The van der Waals surface area contributed by atoms with Gasteiger partial charge in [-0.25, -0.2) is 4.84 Å². The van der Waals surface area contributed by atoms with E-state index in [2.05, 4.69) is 11.4 Å². The number of hydrogen-bond donors (Lipinski definition) is 1. The summed E-state index contributed by atoms with van der Waals surface area (Å²) in [4.78, 5) is 2.37. The minimum absolute atomic E-state index is 0. The first kappa shape index (κ1) is 9.90. The maximum absolute atomic E-state index is 4.98. The molecule has 0 amide bonds. The monoisotopic (exact) mass is 117 g/mol. The Morgan fingerprint density at radius 2 is 2.50 bits per heavy atom. The smallest absolute Gasteiger partial charge is 1.00 e. The summed E-state index contributed by atoms with van der Waals surface area (Å²) in [7, 11) is 0. The van der Waals surface area contributed by atoms with E-state index in [4.69, 9.17) is 11.8 Å². The van der Waals surface area contributed by atoms with Crippen molar-refractivity contribution in [3.05, 3.63) is 12.7 Å². The average Bonchev–Trinajstić information content (AvgIpc) is 1.41. The second kappa shape index (κ2) is 9.23. The molecule has 1 N–H and O–H groups in total. The van der Waals surface area contributed by atoms with Gasteiger partial charge in [-0.2, -0.15) is 0 Å². The van der Waals surface area contributed by atoms with Gasteiger partial charge in [-0.15, -0.1) is 6.58 Å². The van der Waals surface area contributed by atoms with Crippen molar-refractivity contribution in [1.29, 1.82) is 0 Å². The summed E-state index contributed by atoms with van der Waals surface area (Å²) in [6.45, 7) is 4.07. The number of hydrogen-bond acceptors (Lipinski definition) is 1. The van der Waals surface area contributed by atoms with E-state index >= 15 is 0 Å². The van der Waals surface area contributed by atoms with Crippen LogP contribution in [0.1, 0.15) is 2.85 Å². The molecule has 0 unspecified atom stereocenters. The van der Waals surface area contributed by atoms with Crippen molar-refractivity contribution < 1.29 is 2.85 Å². The fourth-order valence-electron chi connectivity index (χ4n) is 0.0546. The topological polar surface area (TPSA) is 12.0 Å². The Morgan fingerprint density at radius 1 is 2.00 bits per heavy atom. The van der Waals surface area contributed by atoms with E-state index in [0.29, 0.717) is 6.54 Å². The van der Waals surface area contributed by atoms with E-state index in [-0.39, 0.29) is 25.9 Å². The third-order valence-corrected chi connectivity index (χ3v) is 0.376. The summed E-state index contributed by atoms with van der Waals surface area (Å²) in [5.41, 5.74) is 0. The van der Waals surface area contributed by atoms with Gasteiger partial charge in [-0.1, -0.05) is 6.08 Å². The Morgan fingerprint density at radius 3 is 2.50 bits per heavy atom. The molecule has 0 heterocycles. The Kier molecular flexibility index (Phi) is 15.2. The van der Waals surface area contributed by atoms with Gasteiger partial charge in [-0.3, -0.25) is 0 Å². The van der Waals surface area contributed by atoms with Gasteiger partial charge in [0, 0.05) is 6.54 Å². The number of nitrogens with one attached hydrogen (secondary N) is 1. The van der Waals surface area contributed by atoms with Gasteiger partial charge in [0.1, 0.15) is 0 Å². The van der Waals surface area contributed by atoms with Crippen molar-refractivity contribution in [2.24, 2.45) is 0 Å². The molecule has 0 aliphatic carbocycles. The Hall–Kier alpha value is 0.756. The zero-order chi connectivity index (χ0) is 4.12. The molecule has 0 fully saturated rings. The Bertz CT molecular complexity index is 38.5. The zero-order valence-electron chi connectivity index (χ0n) is 5.58. The van der Waals surface area contributed by atoms with Gasteiger partial charge in [0.25, 0.3) is 0 Å². The molecule has 0 aromatic rings. The van der Waals surface area contributed by atoms with Crippen LogP contribution in [0.3, 0.4) is 0 Å². The van der Waals surface area contributed by atoms with Crippen LogP contribution >= 0.6 is 11.8 Å². The SMILES string of the molecule is C=CCNCl.[H-].[H-].[Mg+2]. The van der Waals surface area contributed by atoms with E-state index in [1.54, 1.807) is 6.08 Å². The van der Waals surface area contributed by atoms with E-state index in [1.807, 2.05) is 0 Å². The summed E-state index contributed by atoms with van der Waals surface area (Å²) < 4.78 is 0. The third kappa shape index (κ3) is 8.83. The van der Waals surface area contributed by atoms with Crippen LogP contribution in [0.25, 0.3) is 0 Å². The molecule has 1 nitrogen and oxygen atoms in total. The van der Waals surface area contributed by atoms with Crippen LogP contribution < -0.4 is 4.84 Å². The van der Waals surface area contributed by atoms with E-state index in [9.17, 15) is 0 Å². The van der Waals surface area contributed by atoms with Crippen molar-refractivity contribution in [2.75, 3.05) is 6.54 Å². The summed E-state index contributed by atoms with van der Waals surface area (Å²) in [6, 6.07) is 0. The maximum atomic E-state index is 4.98. The summed E-state index contributed by atoms with van der Waals surface area (Å²) in [5.74, 6) is 0. The van der Waals surface area contributed by atoms with E-state index in [1.165, 1.54) is 0 Å². The first-order valence-corrected chi connectivity index (χ1v) is 1.74. The van der Waals surface area contributed by atoms with Crippen molar-refractivity contribution in [3.8, 4) is 0 Å². The maximum Gasteiger partial charge on any atom is 2.00 e. The molecule has 0 bridgehead atoms. The van der Waals surface area contributed by atoms with E-state index < -0.39 is 0 Å². The van der Waals surface area contributed by atoms with Crippen LogP contribution in [0.2, 0.25) is 0 Å². The van der Waals surface area contributed by atoms with Gasteiger partial charge in [0.05, 0.1) is 0 Å². The molecule has 0 saturated heterocycles. The largest absolute Gasteiger partial charge is 2.00 e. The number of rotatable bonds is 2. The normalized spacial score (nSPS) is 6.17. The third-order valence-electron chi connectivity index (χ3n) is 0.221. The van der Waals surface area contributed by atoms with Crippen molar-refractivity contribution in [3.63, 3.8) is 0 Å². The second-order valence-electron chi connectivity index (χ2n) is 0.626. The molecule has 0 atom stereocenters. The predicted octanol–water partition coefficient (Wildman–Crippen LogP) is 0.760. The first-order chi connectivity index (χ1) is 2.41. The molecule has 0 aliphatic rings. The molecule has 0 saturated carbocycles. The molecule has 0 aromatic heterocycles. The molecule has 0 aromatic carbocycles. The molecule has 0 spiro atoms. The predicted molar refractivity (Wildman–Crippen MR) is 32.0 cm³/mol. The fraction of sp³-hybridized carbons (Fsp3) is 0.333. The summed E-state index contributed by atoms with van der Waals surface area (Å²) in [6.07, 6.45) is 1.69. The van der Waals surface area contributed by atoms with Gasteiger partial charge in [0.15, 0.2) is 0 Å². The van der Waals surface area contributed by atoms with Crippen LogP contribution in [0.4, 0.5) is 0 Å². The molecule has 34 valence electrons. The molecule has 3 heteroatoms. The van der Waals surface area contributed by atoms with Crippen LogP contribution in [-0.2, 0) is 0 Å². The van der Waals surface area contributed by atoms with Crippen LogP contribution in [0.15, 0.2) is 12.7 Å². The molecule has 6 heavy (non-hydrogen) atoms. The van der Waals surface area contributed by atoms with E-state index in [0.717, 1.165) is 0 Å². The standard InChI is InChI=1S/C3H6ClN.Mg.2H/c1-2-3-5-4;;;/h2,5H,1,3H2;;;/q;+2;2*-1. The molecular formula is C3H8ClMgN. The minimum Gasteiger partial charge on any atom is -1.00 e. The van der Waals surface area contributed by atoms with Gasteiger partial charge >= 0.3 is 23.1 Å². The molecule has 0 rings (SSSR count). The first-order valence-electron chi connectivity index (χ1n) is 1.36. The quantitative estimate of drug-likeness (QED) is 0.320. The average molecular weight is 118 g/mol. The Labute approximate surface area is 62.0 Å². The van der Waals surface area contributed by atoms with Crippen LogP contribution in [0.5, 0.6) is 0 Å². The zero-order valence-corrected chi connectivity index (χ0v) is 5.75. The van der Waals surface area contributed by atoms with Crippen molar-refractivity contribution in [2.45, 2.75) is 0 Å². The molecular weight excluding hydrogens is 110 g/mol. The molecule has 0 radical (unpaired) electrons. The second-order valence-corrected chi connectivity index (χ2v) is 0.894. The van der Waals surface area contributed by atoms with Gasteiger partial charge in [0.2, 0.25) is 0 Å².